The number of allylic oxidation sites excluding steroid dienone is 1. The summed E-state index contributed by atoms with van der Waals surface area (Å²) in [6, 6.07) is 0. The van der Waals surface area contributed by atoms with Gasteiger partial charge in [0, 0.05) is 12.5 Å². The molecule has 0 saturated heterocycles. The molecule has 4 aliphatic rings. The Balaban J connectivity index is 1.39. The van der Waals surface area contributed by atoms with Crippen molar-refractivity contribution in [2.75, 3.05) is 7.11 Å². The molecule has 4 rings (SSSR count). The minimum absolute atomic E-state index is 0.0528. The molecule has 36 heavy (non-hydrogen) atoms. The van der Waals surface area contributed by atoms with Crippen LogP contribution in [0.15, 0.2) is 11.6 Å². The topological polar surface area (TPSA) is 35.5 Å². The Labute approximate surface area is 224 Å². The van der Waals surface area contributed by atoms with E-state index in [1.165, 1.54) is 64.9 Å². The van der Waals surface area contributed by atoms with Gasteiger partial charge in [-0.3, -0.25) is 4.79 Å². The van der Waals surface area contributed by atoms with Gasteiger partial charge in [0.15, 0.2) is 0 Å². The van der Waals surface area contributed by atoms with E-state index in [1.807, 2.05) is 0 Å². The molecule has 0 aromatic carbocycles. The van der Waals surface area contributed by atoms with Crippen molar-refractivity contribution in [1.82, 2.24) is 0 Å². The fourth-order valence-corrected chi connectivity index (χ4v) is 12.5. The van der Waals surface area contributed by atoms with Crippen LogP contribution < -0.4 is 0 Å². The molecule has 0 N–H and O–H groups in total. The van der Waals surface area contributed by atoms with E-state index in [2.05, 4.69) is 54.5 Å². The van der Waals surface area contributed by atoms with Crippen molar-refractivity contribution in [2.45, 2.75) is 136 Å². The molecule has 3 saturated carbocycles. The van der Waals surface area contributed by atoms with Crippen LogP contribution in [0.1, 0.15) is 119 Å². The standard InChI is InChI=1S/C32H55O3Si/c1-21(2)36(31(4,5)6)35-24-13-15-25-23(20-24)12-14-27-26(25)18-19-32(7)28(16-17-29(27)32)22(3)10-9-11-30(33)34-8/h12,21-22,24-29H,9-11,13-20H2,1-8H3/t22-,24+,25?,26-,27-,28-,29+,32-/m1/s1. The van der Waals surface area contributed by atoms with Gasteiger partial charge in [-0.05, 0) is 116 Å². The predicted octanol–water partition coefficient (Wildman–Crippen LogP) is 8.74. The van der Waals surface area contributed by atoms with Gasteiger partial charge in [0.05, 0.1) is 7.11 Å². The number of carbonyl (C=O) groups is 1. The van der Waals surface area contributed by atoms with E-state index in [-0.39, 0.29) is 5.97 Å². The minimum atomic E-state index is -0.836. The lowest BCUT2D eigenvalue weighted by Crippen LogP contribution is -2.47. The summed E-state index contributed by atoms with van der Waals surface area (Å²) in [6.07, 6.45) is 16.7. The van der Waals surface area contributed by atoms with Gasteiger partial charge in [-0.1, -0.05) is 60.1 Å². The van der Waals surface area contributed by atoms with Gasteiger partial charge < -0.3 is 9.16 Å². The van der Waals surface area contributed by atoms with E-state index in [9.17, 15) is 4.79 Å². The molecule has 3 nitrogen and oxygen atoms in total. The van der Waals surface area contributed by atoms with E-state index in [0.717, 1.165) is 36.0 Å². The summed E-state index contributed by atoms with van der Waals surface area (Å²) in [7, 11) is 0.670. The van der Waals surface area contributed by atoms with Crippen LogP contribution in [-0.2, 0) is 14.0 Å². The number of rotatable bonds is 8. The molecular weight excluding hydrogens is 460 g/mol. The second-order valence-corrected chi connectivity index (χ2v) is 18.1. The monoisotopic (exact) mass is 515 g/mol. The van der Waals surface area contributed by atoms with E-state index < -0.39 is 9.04 Å². The highest BCUT2D eigenvalue weighted by Gasteiger charge is 2.56. The maximum atomic E-state index is 11.6. The Bertz CT molecular complexity index is 798. The molecule has 0 aromatic rings. The highest BCUT2D eigenvalue weighted by atomic mass is 28.3. The summed E-state index contributed by atoms with van der Waals surface area (Å²) < 4.78 is 11.8. The molecule has 3 fully saturated rings. The predicted molar refractivity (Wildman–Crippen MR) is 151 cm³/mol. The van der Waals surface area contributed by atoms with Crippen molar-refractivity contribution >= 4 is 15.0 Å². The molecule has 4 heteroatoms. The third kappa shape index (κ3) is 5.70. The molecule has 0 heterocycles. The third-order valence-electron chi connectivity index (χ3n) is 11.0. The Kier molecular flexibility index (Phi) is 8.87. The van der Waals surface area contributed by atoms with Gasteiger partial charge in [-0.15, -0.1) is 0 Å². The Morgan fingerprint density at radius 3 is 2.53 bits per heavy atom. The first kappa shape index (κ1) is 28.4. The number of esters is 1. The fourth-order valence-electron chi connectivity index (χ4n) is 9.54. The molecule has 0 bridgehead atoms. The summed E-state index contributed by atoms with van der Waals surface area (Å²) in [6.45, 7) is 17.0. The summed E-state index contributed by atoms with van der Waals surface area (Å²) >= 11 is 0. The Morgan fingerprint density at radius 2 is 1.86 bits per heavy atom. The lowest BCUT2D eigenvalue weighted by molar-refractivity contribution is -0.140. The number of hydrogen-bond donors (Lipinski definition) is 0. The molecule has 205 valence electrons. The molecular formula is C32H55O3Si. The van der Waals surface area contributed by atoms with E-state index in [1.54, 1.807) is 5.57 Å². The Morgan fingerprint density at radius 1 is 1.11 bits per heavy atom. The van der Waals surface area contributed by atoms with Crippen LogP contribution >= 0.6 is 0 Å². The second-order valence-electron chi connectivity index (χ2n) is 14.5. The molecule has 4 aliphatic carbocycles. The molecule has 0 amide bonds. The largest absolute Gasteiger partial charge is 0.469 e. The molecule has 0 spiro atoms. The third-order valence-corrected chi connectivity index (χ3v) is 14.1. The fraction of sp³-hybridized carbons (Fsp3) is 0.906. The SMILES string of the molecule is COC(=O)CCC[C@@H](C)[C@H]1CC[C@H]2[C@@H]3CC=C4C[C@@H](O[Si](C(C)C)C(C)(C)C)CCC4[C@H]3CC[C@]12C. The molecule has 1 radical (unpaired) electrons. The highest BCUT2D eigenvalue weighted by molar-refractivity contribution is 6.56. The van der Waals surface area contributed by atoms with Crippen LogP contribution in [0.2, 0.25) is 10.6 Å². The average molecular weight is 516 g/mol. The zero-order valence-electron chi connectivity index (χ0n) is 24.7. The van der Waals surface area contributed by atoms with Gasteiger partial charge in [-0.25, -0.2) is 0 Å². The van der Waals surface area contributed by atoms with Crippen LogP contribution in [0.4, 0.5) is 0 Å². The van der Waals surface area contributed by atoms with Gasteiger partial charge in [0.25, 0.3) is 0 Å². The number of methoxy groups -OCH3 is 1. The zero-order chi connectivity index (χ0) is 26.3. The molecule has 1 unspecified atom stereocenters. The van der Waals surface area contributed by atoms with E-state index >= 15 is 0 Å². The van der Waals surface area contributed by atoms with Crippen LogP contribution in [0.25, 0.3) is 0 Å². The lowest BCUT2D eigenvalue weighted by Gasteiger charge is -2.54. The van der Waals surface area contributed by atoms with Gasteiger partial charge >= 0.3 is 5.97 Å². The normalized spacial score (nSPS) is 37.2. The zero-order valence-corrected chi connectivity index (χ0v) is 25.7. The van der Waals surface area contributed by atoms with Crippen molar-refractivity contribution < 1.29 is 14.0 Å². The Hall–Kier alpha value is -0.613. The number of carbonyl (C=O) groups excluding carboxylic acids is 1. The number of hydrogen-bond acceptors (Lipinski definition) is 3. The first-order valence-electron chi connectivity index (χ1n) is 15.2. The molecule has 8 atom stereocenters. The van der Waals surface area contributed by atoms with Crippen molar-refractivity contribution in [3.05, 3.63) is 11.6 Å². The average Bonchev–Trinajstić information content (AvgIpc) is 3.18. The van der Waals surface area contributed by atoms with Crippen LogP contribution in [0.5, 0.6) is 0 Å². The van der Waals surface area contributed by atoms with Crippen LogP contribution in [0, 0.1) is 40.9 Å². The van der Waals surface area contributed by atoms with Gasteiger partial charge in [0.2, 0.25) is 9.04 Å². The lowest BCUT2D eigenvalue weighted by atomic mass is 9.51. The molecule has 0 aliphatic heterocycles. The second kappa shape index (κ2) is 11.2. The number of fused-ring (bicyclic) bond motifs is 5. The number of ether oxygens (including phenoxy) is 1. The maximum Gasteiger partial charge on any atom is 0.305 e. The summed E-state index contributed by atoms with van der Waals surface area (Å²) in [5.41, 5.74) is 2.92. The van der Waals surface area contributed by atoms with Gasteiger partial charge in [-0.2, -0.15) is 0 Å². The van der Waals surface area contributed by atoms with Crippen molar-refractivity contribution in [1.29, 1.82) is 0 Å². The first-order valence-corrected chi connectivity index (χ1v) is 16.7. The van der Waals surface area contributed by atoms with Crippen LogP contribution in [-0.4, -0.2) is 28.2 Å². The summed E-state index contributed by atoms with van der Waals surface area (Å²) in [5, 5.41) is 0.297. The van der Waals surface area contributed by atoms with E-state index in [0.29, 0.717) is 34.4 Å². The molecule has 0 aromatic heterocycles. The first-order chi connectivity index (χ1) is 17.0. The quantitative estimate of drug-likeness (QED) is 0.184. The smallest absolute Gasteiger partial charge is 0.305 e. The van der Waals surface area contributed by atoms with Gasteiger partial charge in [0.1, 0.15) is 0 Å². The van der Waals surface area contributed by atoms with Crippen molar-refractivity contribution in [2.24, 2.45) is 40.9 Å². The van der Waals surface area contributed by atoms with Crippen molar-refractivity contribution in [3.63, 3.8) is 0 Å². The minimum Gasteiger partial charge on any atom is -0.469 e. The van der Waals surface area contributed by atoms with Crippen LogP contribution in [0.3, 0.4) is 0 Å². The summed E-state index contributed by atoms with van der Waals surface area (Å²) in [5.74, 6) is 5.01. The summed E-state index contributed by atoms with van der Waals surface area (Å²) in [4.78, 5) is 11.6. The van der Waals surface area contributed by atoms with E-state index in [4.69, 9.17) is 9.16 Å². The van der Waals surface area contributed by atoms with Crippen molar-refractivity contribution in [3.8, 4) is 0 Å². The maximum absolute atomic E-state index is 11.6. The highest BCUT2D eigenvalue weighted by Crippen LogP contribution is 2.65.